The van der Waals surface area contributed by atoms with E-state index in [1.54, 1.807) is 0 Å². The summed E-state index contributed by atoms with van der Waals surface area (Å²) in [6.07, 6.45) is 0.636. The molecular formula is C12H25NO2. The van der Waals surface area contributed by atoms with Crippen LogP contribution in [0.3, 0.4) is 0 Å². The molecule has 0 aromatic heterocycles. The van der Waals surface area contributed by atoms with Gasteiger partial charge in [0.15, 0.2) is 0 Å². The Bertz CT molecular complexity index is 188. The van der Waals surface area contributed by atoms with Crippen LogP contribution in [0, 0.1) is 11.8 Å². The Morgan fingerprint density at radius 2 is 1.67 bits per heavy atom. The van der Waals surface area contributed by atoms with E-state index in [0.29, 0.717) is 11.8 Å². The highest BCUT2D eigenvalue weighted by Gasteiger charge is 2.19. The van der Waals surface area contributed by atoms with E-state index >= 15 is 0 Å². The third-order valence-corrected chi connectivity index (χ3v) is 2.11. The summed E-state index contributed by atoms with van der Waals surface area (Å²) in [6.45, 7) is 12.3. The van der Waals surface area contributed by atoms with Crippen molar-refractivity contribution in [1.29, 1.82) is 0 Å². The van der Waals surface area contributed by atoms with E-state index in [1.807, 2.05) is 13.8 Å². The molecule has 1 unspecified atom stereocenters. The predicted octanol–water partition coefficient (Wildman–Crippen LogP) is 3.19. The minimum Gasteiger partial charge on any atom is -0.446 e. The van der Waals surface area contributed by atoms with Crippen molar-refractivity contribution in [2.75, 3.05) is 0 Å². The first-order valence-corrected chi connectivity index (χ1v) is 5.80. The van der Waals surface area contributed by atoms with Crippen LogP contribution in [0.15, 0.2) is 0 Å². The largest absolute Gasteiger partial charge is 0.446 e. The van der Waals surface area contributed by atoms with Crippen LogP contribution < -0.4 is 5.32 Å². The van der Waals surface area contributed by atoms with Crippen molar-refractivity contribution < 1.29 is 9.53 Å². The van der Waals surface area contributed by atoms with Gasteiger partial charge in [0, 0.05) is 6.04 Å². The van der Waals surface area contributed by atoms with E-state index in [4.69, 9.17) is 4.74 Å². The van der Waals surface area contributed by atoms with Crippen molar-refractivity contribution >= 4 is 6.09 Å². The molecule has 0 aromatic carbocycles. The van der Waals surface area contributed by atoms with Gasteiger partial charge in [-0.25, -0.2) is 4.79 Å². The standard InChI is InChI=1S/C12H25NO2/c1-8(2)7-11(9(3)4)15-12(14)13-10(5)6/h8-11H,7H2,1-6H3,(H,13,14). The van der Waals surface area contributed by atoms with Gasteiger partial charge >= 0.3 is 6.09 Å². The van der Waals surface area contributed by atoms with Crippen molar-refractivity contribution in [1.82, 2.24) is 5.32 Å². The lowest BCUT2D eigenvalue weighted by Gasteiger charge is -2.23. The Labute approximate surface area is 93.6 Å². The van der Waals surface area contributed by atoms with Crippen LogP contribution in [0.2, 0.25) is 0 Å². The number of nitrogens with one attached hydrogen (secondary N) is 1. The highest BCUT2D eigenvalue weighted by Crippen LogP contribution is 2.16. The number of ether oxygens (including phenoxy) is 1. The number of rotatable bonds is 5. The molecule has 1 amide bonds. The summed E-state index contributed by atoms with van der Waals surface area (Å²) in [5.74, 6) is 0.912. The molecule has 1 atom stereocenters. The second-order valence-corrected chi connectivity index (χ2v) is 5.12. The number of carbonyl (C=O) groups excluding carboxylic acids is 1. The second-order valence-electron chi connectivity index (χ2n) is 5.12. The van der Waals surface area contributed by atoms with Crippen molar-refractivity contribution in [2.45, 2.75) is 60.1 Å². The van der Waals surface area contributed by atoms with E-state index in [1.165, 1.54) is 0 Å². The maximum Gasteiger partial charge on any atom is 0.407 e. The van der Waals surface area contributed by atoms with E-state index in [-0.39, 0.29) is 18.2 Å². The molecular weight excluding hydrogens is 190 g/mol. The lowest BCUT2D eigenvalue weighted by atomic mass is 9.97. The molecule has 0 aliphatic heterocycles. The Balaban J connectivity index is 4.10. The Morgan fingerprint density at radius 1 is 1.13 bits per heavy atom. The van der Waals surface area contributed by atoms with Crippen LogP contribution in [0.4, 0.5) is 4.79 Å². The zero-order valence-corrected chi connectivity index (χ0v) is 10.8. The third kappa shape index (κ3) is 7.23. The summed E-state index contributed by atoms with van der Waals surface area (Å²) in [7, 11) is 0. The highest BCUT2D eigenvalue weighted by molar-refractivity contribution is 5.67. The molecule has 90 valence electrons. The summed E-state index contributed by atoms with van der Waals surface area (Å²) in [4.78, 5) is 11.4. The lowest BCUT2D eigenvalue weighted by Crippen LogP contribution is -2.35. The van der Waals surface area contributed by atoms with Crippen LogP contribution in [-0.4, -0.2) is 18.2 Å². The number of alkyl carbamates (subject to hydrolysis) is 1. The minimum absolute atomic E-state index is 0.0174. The smallest absolute Gasteiger partial charge is 0.407 e. The molecule has 3 nitrogen and oxygen atoms in total. The molecule has 0 saturated carbocycles. The normalized spacial score (nSPS) is 13.4. The van der Waals surface area contributed by atoms with Gasteiger partial charge in [0.05, 0.1) is 0 Å². The fourth-order valence-corrected chi connectivity index (χ4v) is 1.33. The van der Waals surface area contributed by atoms with E-state index in [2.05, 4.69) is 33.0 Å². The van der Waals surface area contributed by atoms with Gasteiger partial charge in [-0.1, -0.05) is 27.7 Å². The monoisotopic (exact) mass is 215 g/mol. The minimum atomic E-state index is -0.302. The number of hydrogen-bond donors (Lipinski definition) is 1. The summed E-state index contributed by atoms with van der Waals surface area (Å²) >= 11 is 0. The second kappa shape index (κ2) is 6.70. The molecule has 0 spiro atoms. The topological polar surface area (TPSA) is 38.3 Å². The van der Waals surface area contributed by atoms with Gasteiger partial charge in [-0.3, -0.25) is 0 Å². The van der Waals surface area contributed by atoms with Gasteiger partial charge in [0.2, 0.25) is 0 Å². The number of hydrogen-bond acceptors (Lipinski definition) is 2. The van der Waals surface area contributed by atoms with Crippen molar-refractivity contribution in [3.63, 3.8) is 0 Å². The molecule has 0 rings (SSSR count). The number of carbonyl (C=O) groups is 1. The molecule has 0 radical (unpaired) electrons. The quantitative estimate of drug-likeness (QED) is 0.765. The molecule has 15 heavy (non-hydrogen) atoms. The molecule has 1 N–H and O–H groups in total. The van der Waals surface area contributed by atoms with Gasteiger partial charge in [0.1, 0.15) is 6.10 Å². The van der Waals surface area contributed by atoms with Gasteiger partial charge < -0.3 is 10.1 Å². The SMILES string of the molecule is CC(C)CC(OC(=O)NC(C)C)C(C)C. The molecule has 0 saturated heterocycles. The summed E-state index contributed by atoms with van der Waals surface area (Å²) in [5, 5.41) is 2.74. The first kappa shape index (κ1) is 14.3. The van der Waals surface area contributed by atoms with Gasteiger partial charge in [-0.15, -0.1) is 0 Å². The average Bonchev–Trinajstić information content (AvgIpc) is 1.99. The molecule has 0 bridgehead atoms. The summed E-state index contributed by atoms with van der Waals surface area (Å²) < 4.78 is 5.38. The zero-order valence-electron chi connectivity index (χ0n) is 10.8. The Kier molecular flexibility index (Phi) is 6.37. The maximum atomic E-state index is 11.4. The lowest BCUT2D eigenvalue weighted by molar-refractivity contribution is 0.0567. The van der Waals surface area contributed by atoms with Crippen molar-refractivity contribution in [3.8, 4) is 0 Å². The number of amides is 1. The van der Waals surface area contributed by atoms with E-state index in [9.17, 15) is 4.79 Å². The third-order valence-electron chi connectivity index (χ3n) is 2.11. The summed E-state index contributed by atoms with van der Waals surface area (Å²) in [6, 6.07) is 0.129. The molecule has 0 heterocycles. The first-order chi connectivity index (χ1) is 6.82. The Morgan fingerprint density at radius 3 is 2.00 bits per heavy atom. The van der Waals surface area contributed by atoms with Crippen LogP contribution in [0.1, 0.15) is 48.0 Å². The fraction of sp³-hybridized carbons (Fsp3) is 0.917. The van der Waals surface area contributed by atoms with E-state index < -0.39 is 0 Å². The summed E-state index contributed by atoms with van der Waals surface area (Å²) in [5.41, 5.74) is 0. The molecule has 0 fully saturated rings. The Hall–Kier alpha value is -0.730. The van der Waals surface area contributed by atoms with Gasteiger partial charge in [-0.2, -0.15) is 0 Å². The van der Waals surface area contributed by atoms with Gasteiger partial charge in [0.25, 0.3) is 0 Å². The first-order valence-electron chi connectivity index (χ1n) is 5.80. The van der Waals surface area contributed by atoms with Crippen LogP contribution in [0.5, 0.6) is 0 Å². The zero-order chi connectivity index (χ0) is 12.0. The molecule has 0 aromatic rings. The van der Waals surface area contributed by atoms with Gasteiger partial charge in [-0.05, 0) is 32.1 Å². The van der Waals surface area contributed by atoms with E-state index in [0.717, 1.165) is 6.42 Å². The fourth-order valence-electron chi connectivity index (χ4n) is 1.33. The van der Waals surface area contributed by atoms with Crippen molar-refractivity contribution in [3.05, 3.63) is 0 Å². The van der Waals surface area contributed by atoms with Crippen LogP contribution in [0.25, 0.3) is 0 Å². The average molecular weight is 215 g/mol. The molecule has 0 aliphatic rings. The molecule has 0 aliphatic carbocycles. The molecule has 3 heteroatoms. The maximum absolute atomic E-state index is 11.4. The van der Waals surface area contributed by atoms with Crippen LogP contribution in [-0.2, 0) is 4.74 Å². The highest BCUT2D eigenvalue weighted by atomic mass is 16.6. The predicted molar refractivity (Wildman–Crippen MR) is 62.8 cm³/mol. The van der Waals surface area contributed by atoms with Crippen LogP contribution >= 0.6 is 0 Å². The van der Waals surface area contributed by atoms with Crippen molar-refractivity contribution in [2.24, 2.45) is 11.8 Å².